The van der Waals surface area contributed by atoms with Crippen molar-refractivity contribution in [2.24, 2.45) is 0 Å². The highest BCUT2D eigenvalue weighted by Crippen LogP contribution is 2.35. The van der Waals surface area contributed by atoms with Gasteiger partial charge in [0.15, 0.2) is 0 Å². The fraction of sp³-hybridized carbons (Fsp3) is 0.371. The number of nitrogens with one attached hydrogen (secondary N) is 2. The molecule has 2 amide bonds. The van der Waals surface area contributed by atoms with Crippen LogP contribution in [0.15, 0.2) is 73.2 Å². The lowest BCUT2D eigenvalue weighted by Gasteiger charge is -2.22. The lowest BCUT2D eigenvalue weighted by Crippen LogP contribution is -2.32. The number of ether oxygens (including phenoxy) is 2. The molecule has 0 radical (unpaired) electrons. The second-order valence-electron chi connectivity index (χ2n) is 12.5. The fourth-order valence-electron chi connectivity index (χ4n) is 5.33. The van der Waals surface area contributed by atoms with Crippen LogP contribution >= 0.6 is 0 Å². The van der Waals surface area contributed by atoms with Gasteiger partial charge in [-0.15, -0.1) is 0 Å². The van der Waals surface area contributed by atoms with Crippen molar-refractivity contribution in [1.82, 2.24) is 25.4 Å². The van der Waals surface area contributed by atoms with Crippen molar-refractivity contribution >= 4 is 12.0 Å². The Hall–Kier alpha value is -4.71. The van der Waals surface area contributed by atoms with Gasteiger partial charge in [-0.25, -0.2) is 4.79 Å². The van der Waals surface area contributed by atoms with E-state index >= 15 is 0 Å². The van der Waals surface area contributed by atoms with E-state index in [4.69, 9.17) is 9.47 Å². The number of alkyl halides is 3. The number of rotatable bonds is 8. The zero-order valence-corrected chi connectivity index (χ0v) is 26.7. The highest BCUT2D eigenvalue weighted by molar-refractivity contribution is 5.93. The van der Waals surface area contributed by atoms with Crippen LogP contribution in [0.4, 0.5) is 18.0 Å². The molecule has 2 aromatic carbocycles. The third kappa shape index (κ3) is 8.76. The van der Waals surface area contributed by atoms with Gasteiger partial charge in [-0.1, -0.05) is 30.3 Å². The Morgan fingerprint density at radius 2 is 1.72 bits per heavy atom. The van der Waals surface area contributed by atoms with Crippen LogP contribution < -0.4 is 10.6 Å². The largest absolute Gasteiger partial charge is 0.444 e. The van der Waals surface area contributed by atoms with Crippen molar-refractivity contribution in [2.75, 3.05) is 13.2 Å². The molecule has 1 aliphatic rings. The predicted molar refractivity (Wildman–Crippen MR) is 170 cm³/mol. The van der Waals surface area contributed by atoms with Gasteiger partial charge in [0, 0.05) is 37.7 Å². The second kappa shape index (κ2) is 14.0. The summed E-state index contributed by atoms with van der Waals surface area (Å²) in [5, 5.41) is 10.1. The minimum Gasteiger partial charge on any atom is -0.444 e. The van der Waals surface area contributed by atoms with E-state index < -0.39 is 29.5 Å². The molecule has 47 heavy (non-hydrogen) atoms. The van der Waals surface area contributed by atoms with E-state index in [0.717, 1.165) is 41.7 Å². The predicted octanol–water partition coefficient (Wildman–Crippen LogP) is 7.50. The first-order valence-corrected chi connectivity index (χ1v) is 15.4. The molecule has 0 saturated carbocycles. The highest BCUT2D eigenvalue weighted by Gasteiger charge is 2.31. The number of amides is 2. The number of aromatic nitrogens is 3. The van der Waals surface area contributed by atoms with Gasteiger partial charge < -0.3 is 20.1 Å². The Morgan fingerprint density at radius 3 is 2.40 bits per heavy atom. The van der Waals surface area contributed by atoms with Crippen molar-refractivity contribution in [2.45, 2.75) is 70.9 Å². The third-order valence-corrected chi connectivity index (χ3v) is 7.82. The van der Waals surface area contributed by atoms with Crippen LogP contribution in [-0.4, -0.2) is 45.6 Å². The van der Waals surface area contributed by atoms with E-state index in [1.165, 1.54) is 6.07 Å². The van der Waals surface area contributed by atoms with Crippen LogP contribution in [0.3, 0.4) is 0 Å². The van der Waals surface area contributed by atoms with E-state index in [0.29, 0.717) is 29.9 Å². The molecular weight excluding hydrogens is 611 g/mol. The average Bonchev–Trinajstić information content (AvgIpc) is 3.54. The maximum Gasteiger partial charge on any atom is 0.416 e. The molecule has 3 heterocycles. The lowest BCUT2D eigenvalue weighted by molar-refractivity contribution is -0.137. The van der Waals surface area contributed by atoms with Crippen molar-refractivity contribution < 1.29 is 32.2 Å². The zero-order chi connectivity index (χ0) is 33.8. The molecule has 9 nitrogen and oxygen atoms in total. The molecule has 1 aliphatic heterocycles. The molecule has 2 aromatic heterocycles. The first kappa shape index (κ1) is 33.6. The van der Waals surface area contributed by atoms with E-state index in [9.17, 15) is 22.8 Å². The topological polar surface area (TPSA) is 107 Å². The van der Waals surface area contributed by atoms with Gasteiger partial charge in [-0.05, 0) is 92.6 Å². The summed E-state index contributed by atoms with van der Waals surface area (Å²) in [6.45, 7) is 8.37. The Bertz CT molecular complexity index is 1710. The van der Waals surface area contributed by atoms with E-state index in [2.05, 4.69) is 20.7 Å². The first-order chi connectivity index (χ1) is 22.3. The zero-order valence-electron chi connectivity index (χ0n) is 26.7. The maximum atomic E-state index is 13.6. The highest BCUT2D eigenvalue weighted by atomic mass is 19.4. The normalized spacial score (nSPS) is 14.8. The molecule has 2 N–H and O–H groups in total. The number of carbonyl (C=O) groups excluding carboxylic acids is 2. The van der Waals surface area contributed by atoms with Gasteiger partial charge in [-0.3, -0.25) is 14.5 Å². The number of alkyl carbamates (subject to hydrolysis) is 1. The smallest absolute Gasteiger partial charge is 0.416 e. The summed E-state index contributed by atoms with van der Waals surface area (Å²) < 4.78 is 53.5. The number of benzene rings is 2. The maximum absolute atomic E-state index is 13.6. The number of carbonyl (C=O) groups is 2. The quantitative estimate of drug-likeness (QED) is 0.205. The average molecular weight is 650 g/mol. The van der Waals surface area contributed by atoms with Crippen molar-refractivity contribution in [3.05, 3.63) is 95.6 Å². The minimum atomic E-state index is -4.54. The summed E-state index contributed by atoms with van der Waals surface area (Å²) in [6, 6.07) is 13.7. The third-order valence-electron chi connectivity index (χ3n) is 7.82. The van der Waals surface area contributed by atoms with E-state index in [-0.39, 0.29) is 24.2 Å². The van der Waals surface area contributed by atoms with Crippen LogP contribution in [0.1, 0.15) is 79.8 Å². The summed E-state index contributed by atoms with van der Waals surface area (Å²) in [4.78, 5) is 29.7. The molecule has 1 saturated heterocycles. The summed E-state index contributed by atoms with van der Waals surface area (Å²) in [6.07, 6.45) is 1.92. The molecule has 0 aliphatic carbocycles. The standard InChI is InChI=1S/C35H38F3N5O4/c1-22(42-32(44)31-17-25(11-14-39-31)27-20-41-43(21-27)29-12-15-46-16-13-29)23-5-7-24(8-6-23)30-18-28(35(36,37)38)10-9-26(30)19-40-33(45)47-34(2,3)4/h5-11,14,17-18,20-22,29H,12-13,15-16,19H2,1-4H3,(H,40,45)(H,42,44)/t22-/m1/s1. The molecule has 1 fully saturated rings. The Balaban J connectivity index is 1.28. The van der Waals surface area contributed by atoms with Gasteiger partial charge in [0.2, 0.25) is 0 Å². The van der Waals surface area contributed by atoms with Crippen molar-refractivity contribution in [3.8, 4) is 22.3 Å². The van der Waals surface area contributed by atoms with Gasteiger partial charge in [0.25, 0.3) is 5.91 Å². The SMILES string of the molecule is C[C@@H](NC(=O)c1cc(-c2cnn(C3CCOCC3)c2)ccn1)c1ccc(-c2cc(C(F)(F)F)ccc2CNC(=O)OC(C)(C)C)cc1. The van der Waals surface area contributed by atoms with Crippen LogP contribution in [-0.2, 0) is 22.2 Å². The van der Waals surface area contributed by atoms with Gasteiger partial charge in [-0.2, -0.15) is 18.3 Å². The monoisotopic (exact) mass is 649 g/mol. The molecule has 248 valence electrons. The molecule has 4 aromatic rings. The molecule has 1 atom stereocenters. The number of nitrogens with zero attached hydrogens (tertiary/aromatic N) is 3. The van der Waals surface area contributed by atoms with Gasteiger partial charge in [0.1, 0.15) is 11.3 Å². The minimum absolute atomic E-state index is 0.0288. The number of hydrogen-bond acceptors (Lipinski definition) is 6. The van der Waals surface area contributed by atoms with E-state index in [1.807, 2.05) is 23.9 Å². The summed E-state index contributed by atoms with van der Waals surface area (Å²) in [5.74, 6) is -0.367. The van der Waals surface area contributed by atoms with Crippen LogP contribution in [0.25, 0.3) is 22.3 Å². The number of halogens is 3. The van der Waals surface area contributed by atoms with Crippen molar-refractivity contribution in [3.63, 3.8) is 0 Å². The fourth-order valence-corrected chi connectivity index (χ4v) is 5.33. The molecule has 5 rings (SSSR count). The van der Waals surface area contributed by atoms with Crippen LogP contribution in [0.2, 0.25) is 0 Å². The second-order valence-corrected chi connectivity index (χ2v) is 12.5. The Kier molecular flexibility index (Phi) is 9.99. The van der Waals surface area contributed by atoms with Crippen molar-refractivity contribution in [1.29, 1.82) is 0 Å². The van der Waals surface area contributed by atoms with Crippen LogP contribution in [0.5, 0.6) is 0 Å². The molecule has 12 heteroatoms. The Morgan fingerprint density at radius 1 is 1.00 bits per heavy atom. The summed E-state index contributed by atoms with van der Waals surface area (Å²) in [5.41, 5.74) is 2.50. The van der Waals surface area contributed by atoms with E-state index in [1.54, 1.807) is 63.5 Å². The first-order valence-electron chi connectivity index (χ1n) is 15.4. The summed E-state index contributed by atoms with van der Waals surface area (Å²) in [7, 11) is 0. The lowest BCUT2D eigenvalue weighted by atomic mass is 9.95. The van der Waals surface area contributed by atoms with Gasteiger partial charge in [0.05, 0.1) is 23.8 Å². The number of pyridine rings is 1. The molecule has 0 bridgehead atoms. The number of hydrogen-bond donors (Lipinski definition) is 2. The van der Waals surface area contributed by atoms with Crippen LogP contribution in [0, 0.1) is 0 Å². The Labute approximate surface area is 271 Å². The summed E-state index contributed by atoms with van der Waals surface area (Å²) >= 11 is 0. The molecule has 0 spiro atoms. The van der Waals surface area contributed by atoms with Gasteiger partial charge >= 0.3 is 12.3 Å². The molecule has 0 unspecified atom stereocenters. The molecular formula is C35H38F3N5O4.